The van der Waals surface area contributed by atoms with Crippen LogP contribution in [0.25, 0.3) is 0 Å². The van der Waals surface area contributed by atoms with Crippen LogP contribution in [-0.4, -0.2) is 23.6 Å². The lowest BCUT2D eigenvalue weighted by atomic mass is 10.3. The van der Waals surface area contributed by atoms with Crippen LogP contribution in [0.15, 0.2) is 0 Å². The maximum atomic E-state index is 11.2. The number of carbonyl (C=O) groups excluding carboxylic acids is 1. The Hall–Kier alpha value is -0.250. The molecule has 1 amide bonds. The fourth-order valence-corrected chi connectivity index (χ4v) is 1.62. The van der Waals surface area contributed by atoms with Crippen LogP contribution in [0.4, 0.5) is 4.79 Å². The van der Waals surface area contributed by atoms with Gasteiger partial charge in [0.15, 0.2) is 0 Å². The zero-order valence-corrected chi connectivity index (χ0v) is 9.47. The quantitative estimate of drug-likeness (QED) is 0.781. The third-order valence-corrected chi connectivity index (χ3v) is 3.11. The highest BCUT2D eigenvalue weighted by Crippen LogP contribution is 2.17. The van der Waals surface area contributed by atoms with Crippen molar-refractivity contribution in [3.05, 3.63) is 0 Å². The van der Waals surface area contributed by atoms with E-state index in [1.165, 1.54) is 12.8 Å². The van der Waals surface area contributed by atoms with Crippen LogP contribution in [0.3, 0.4) is 0 Å². The van der Waals surface area contributed by atoms with E-state index in [0.29, 0.717) is 11.4 Å². The summed E-state index contributed by atoms with van der Waals surface area (Å²) in [7, 11) is 0. The third-order valence-electron chi connectivity index (χ3n) is 2.20. The summed E-state index contributed by atoms with van der Waals surface area (Å²) in [5.74, 6) is 0. The van der Waals surface area contributed by atoms with Gasteiger partial charge in [0.2, 0.25) is 0 Å². The van der Waals surface area contributed by atoms with Crippen LogP contribution in [0.1, 0.15) is 32.6 Å². The van der Waals surface area contributed by atoms with Gasteiger partial charge in [-0.1, -0.05) is 28.8 Å². The zero-order valence-electron chi connectivity index (χ0n) is 7.88. The first-order valence-corrected chi connectivity index (χ1v) is 5.87. The predicted molar refractivity (Wildman–Crippen MR) is 55.1 cm³/mol. The van der Waals surface area contributed by atoms with E-state index in [1.54, 1.807) is 0 Å². The maximum absolute atomic E-state index is 11.2. The Morgan fingerprint density at radius 3 is 2.77 bits per heavy atom. The van der Waals surface area contributed by atoms with Gasteiger partial charge < -0.3 is 10.1 Å². The molecule has 4 heteroatoms. The molecule has 3 nitrogen and oxygen atoms in total. The van der Waals surface area contributed by atoms with Crippen LogP contribution >= 0.6 is 15.9 Å². The fourth-order valence-electron chi connectivity index (χ4n) is 1.49. The molecule has 1 fully saturated rings. The van der Waals surface area contributed by atoms with Gasteiger partial charge in [-0.15, -0.1) is 0 Å². The zero-order chi connectivity index (χ0) is 9.68. The van der Waals surface area contributed by atoms with E-state index in [-0.39, 0.29) is 12.2 Å². The number of nitrogens with one attached hydrogen (secondary N) is 1. The van der Waals surface area contributed by atoms with Gasteiger partial charge in [0.05, 0.1) is 0 Å². The summed E-state index contributed by atoms with van der Waals surface area (Å²) in [6, 6.07) is 0.343. The Morgan fingerprint density at radius 1 is 1.62 bits per heavy atom. The van der Waals surface area contributed by atoms with Gasteiger partial charge >= 0.3 is 6.09 Å². The summed E-state index contributed by atoms with van der Waals surface area (Å²) < 4.78 is 5.06. The van der Waals surface area contributed by atoms with Gasteiger partial charge in [-0.25, -0.2) is 4.79 Å². The lowest BCUT2D eigenvalue weighted by molar-refractivity contribution is 0.115. The summed E-state index contributed by atoms with van der Waals surface area (Å²) in [6.07, 6.45) is 4.30. The van der Waals surface area contributed by atoms with E-state index in [2.05, 4.69) is 21.2 Å². The minimum atomic E-state index is -0.279. The average Bonchev–Trinajstić information content (AvgIpc) is 2.56. The second-order valence-corrected chi connectivity index (χ2v) is 4.14. The lowest BCUT2D eigenvalue weighted by Gasteiger charge is -2.14. The molecule has 0 saturated heterocycles. The first-order chi connectivity index (χ1) is 6.22. The van der Waals surface area contributed by atoms with Crippen LogP contribution in [0, 0.1) is 0 Å². The summed E-state index contributed by atoms with van der Waals surface area (Å²) in [5, 5.41) is 3.55. The van der Waals surface area contributed by atoms with Gasteiger partial charge in [-0.2, -0.15) is 0 Å². The third kappa shape index (κ3) is 3.98. The topological polar surface area (TPSA) is 38.3 Å². The molecule has 1 atom stereocenters. The van der Waals surface area contributed by atoms with Crippen molar-refractivity contribution >= 4 is 22.0 Å². The van der Waals surface area contributed by atoms with Crippen molar-refractivity contribution < 1.29 is 9.53 Å². The van der Waals surface area contributed by atoms with Crippen molar-refractivity contribution in [1.29, 1.82) is 0 Å². The Balaban J connectivity index is 2.16. The highest BCUT2D eigenvalue weighted by atomic mass is 79.9. The predicted octanol–water partition coefficient (Wildman–Crippen LogP) is 2.44. The molecule has 1 aliphatic carbocycles. The number of amides is 1. The monoisotopic (exact) mass is 249 g/mol. The van der Waals surface area contributed by atoms with Crippen LogP contribution in [0.2, 0.25) is 0 Å². The summed E-state index contributed by atoms with van der Waals surface area (Å²) in [4.78, 5) is 11.2. The number of hydrogen-bond acceptors (Lipinski definition) is 2. The number of alkyl carbamates (subject to hydrolysis) is 1. The Labute approximate surface area is 87.3 Å². The molecule has 0 spiro atoms. The van der Waals surface area contributed by atoms with E-state index in [9.17, 15) is 4.79 Å². The molecular formula is C9H16BrNO2. The molecule has 1 unspecified atom stereocenters. The standard InChI is InChI=1S/C9H16BrNO2/c1-7(6-10)13-9(12)11-8-4-2-3-5-8/h7-8H,2-6H2,1H3,(H,11,12). The van der Waals surface area contributed by atoms with E-state index < -0.39 is 0 Å². The molecule has 0 aliphatic heterocycles. The second-order valence-electron chi connectivity index (χ2n) is 3.50. The van der Waals surface area contributed by atoms with E-state index in [0.717, 1.165) is 12.8 Å². The molecule has 1 rings (SSSR count). The van der Waals surface area contributed by atoms with Crippen molar-refractivity contribution in [1.82, 2.24) is 5.32 Å². The Morgan fingerprint density at radius 2 is 2.23 bits per heavy atom. The molecule has 0 aromatic carbocycles. The maximum Gasteiger partial charge on any atom is 0.407 e. The highest BCUT2D eigenvalue weighted by molar-refractivity contribution is 9.09. The molecular weight excluding hydrogens is 234 g/mol. The molecule has 0 aromatic rings. The van der Waals surface area contributed by atoms with Gasteiger partial charge in [-0.3, -0.25) is 0 Å². The van der Waals surface area contributed by atoms with Crippen molar-refractivity contribution in [3.63, 3.8) is 0 Å². The molecule has 1 saturated carbocycles. The largest absolute Gasteiger partial charge is 0.446 e. The molecule has 1 aliphatic rings. The summed E-state index contributed by atoms with van der Waals surface area (Å²) in [6.45, 7) is 1.86. The minimum Gasteiger partial charge on any atom is -0.446 e. The van der Waals surface area contributed by atoms with Crippen LogP contribution < -0.4 is 5.32 Å². The van der Waals surface area contributed by atoms with Gasteiger partial charge in [-0.05, 0) is 19.8 Å². The fraction of sp³-hybridized carbons (Fsp3) is 0.889. The molecule has 1 N–H and O–H groups in total. The Bertz CT molecular complexity index is 169. The smallest absolute Gasteiger partial charge is 0.407 e. The van der Waals surface area contributed by atoms with Gasteiger partial charge in [0, 0.05) is 11.4 Å². The summed E-state index contributed by atoms with van der Waals surface area (Å²) >= 11 is 3.25. The molecule has 13 heavy (non-hydrogen) atoms. The molecule has 0 radical (unpaired) electrons. The summed E-state index contributed by atoms with van der Waals surface area (Å²) in [5.41, 5.74) is 0. The highest BCUT2D eigenvalue weighted by Gasteiger charge is 2.18. The van der Waals surface area contributed by atoms with Crippen molar-refractivity contribution in [2.75, 3.05) is 5.33 Å². The minimum absolute atomic E-state index is 0.0543. The average molecular weight is 250 g/mol. The lowest BCUT2D eigenvalue weighted by Crippen LogP contribution is -2.35. The Kier molecular flexibility index (Phi) is 4.56. The first kappa shape index (κ1) is 10.8. The van der Waals surface area contributed by atoms with Crippen molar-refractivity contribution in [3.8, 4) is 0 Å². The van der Waals surface area contributed by atoms with Crippen molar-refractivity contribution in [2.24, 2.45) is 0 Å². The van der Waals surface area contributed by atoms with E-state index >= 15 is 0 Å². The van der Waals surface area contributed by atoms with Gasteiger partial charge in [0.1, 0.15) is 6.10 Å². The second kappa shape index (κ2) is 5.47. The van der Waals surface area contributed by atoms with Crippen molar-refractivity contribution in [2.45, 2.75) is 44.8 Å². The number of hydrogen-bond donors (Lipinski definition) is 1. The van der Waals surface area contributed by atoms with Gasteiger partial charge in [0.25, 0.3) is 0 Å². The van der Waals surface area contributed by atoms with E-state index in [4.69, 9.17) is 4.74 Å². The molecule has 0 bridgehead atoms. The SMILES string of the molecule is CC(CBr)OC(=O)NC1CCCC1. The normalized spacial score (nSPS) is 19.8. The molecule has 0 heterocycles. The van der Waals surface area contributed by atoms with Crippen LogP contribution in [-0.2, 0) is 4.74 Å². The number of rotatable bonds is 3. The van der Waals surface area contributed by atoms with Crippen LogP contribution in [0.5, 0.6) is 0 Å². The number of alkyl halides is 1. The molecule has 76 valence electrons. The first-order valence-electron chi connectivity index (χ1n) is 4.75. The number of carbonyl (C=O) groups is 1. The number of ether oxygens (including phenoxy) is 1. The van der Waals surface area contributed by atoms with E-state index in [1.807, 2.05) is 6.92 Å². The number of halogens is 1. The molecule has 0 aromatic heterocycles.